The van der Waals surface area contributed by atoms with Crippen molar-refractivity contribution in [3.05, 3.63) is 194 Å². The smallest absolute Gasteiger partial charge is 0.240 e. The molecule has 0 fully saturated rings. The van der Waals surface area contributed by atoms with E-state index >= 15 is 0 Å². The molecular formula is C52H32N8. The minimum absolute atomic E-state index is 0.527. The molecule has 0 atom stereocenters. The van der Waals surface area contributed by atoms with Gasteiger partial charge in [-0.1, -0.05) is 133 Å². The fraction of sp³-hybridized carbons (Fsp3) is 0. The van der Waals surface area contributed by atoms with Crippen LogP contribution in [0.5, 0.6) is 0 Å². The monoisotopic (exact) mass is 768 g/mol. The van der Waals surface area contributed by atoms with E-state index in [9.17, 15) is 0 Å². The van der Waals surface area contributed by atoms with Crippen LogP contribution in [-0.2, 0) is 0 Å². The Morgan fingerprint density at radius 1 is 0.283 bits per heavy atom. The minimum Gasteiger partial charge on any atom is -0.279 e. The topological polar surface area (TPSA) is 71.3 Å². The molecule has 0 saturated carbocycles. The van der Waals surface area contributed by atoms with Gasteiger partial charge in [0.25, 0.3) is 0 Å². The lowest BCUT2D eigenvalue weighted by Crippen LogP contribution is -2.11. The number of para-hydroxylation sites is 8. The Kier molecular flexibility index (Phi) is 6.85. The third-order valence-electron chi connectivity index (χ3n) is 11.9. The van der Waals surface area contributed by atoms with Crippen LogP contribution < -0.4 is 0 Å². The van der Waals surface area contributed by atoms with Gasteiger partial charge in [-0.25, -0.2) is 4.98 Å². The molecule has 8 heteroatoms. The predicted octanol–water partition coefficient (Wildman–Crippen LogP) is 12.2. The van der Waals surface area contributed by atoms with Crippen LogP contribution in [0.3, 0.4) is 0 Å². The first-order chi connectivity index (χ1) is 29.8. The number of aromatic nitrogens is 8. The average molecular weight is 769 g/mol. The maximum atomic E-state index is 5.47. The second kappa shape index (κ2) is 12.6. The maximum Gasteiger partial charge on any atom is 0.240 e. The first-order valence-electron chi connectivity index (χ1n) is 20.1. The van der Waals surface area contributed by atoms with Gasteiger partial charge < -0.3 is 0 Å². The van der Waals surface area contributed by atoms with Crippen molar-refractivity contribution in [1.29, 1.82) is 0 Å². The van der Waals surface area contributed by atoms with Crippen molar-refractivity contribution in [1.82, 2.24) is 38.2 Å². The van der Waals surface area contributed by atoms with Crippen molar-refractivity contribution in [3.8, 4) is 34.9 Å². The zero-order valence-electron chi connectivity index (χ0n) is 32.1. The molecule has 13 aromatic rings. The van der Waals surface area contributed by atoms with Gasteiger partial charge in [-0.05, 0) is 60.7 Å². The van der Waals surface area contributed by atoms with Gasteiger partial charge in [-0.15, -0.1) is 0 Å². The molecule has 60 heavy (non-hydrogen) atoms. The second-order valence-electron chi connectivity index (χ2n) is 15.1. The van der Waals surface area contributed by atoms with Crippen LogP contribution in [-0.4, -0.2) is 38.2 Å². The Labute approximate surface area is 342 Å². The van der Waals surface area contributed by atoms with Gasteiger partial charge in [-0.2, -0.15) is 15.0 Å². The van der Waals surface area contributed by atoms with Gasteiger partial charge in [0.2, 0.25) is 17.8 Å². The van der Waals surface area contributed by atoms with Gasteiger partial charge in [0.05, 0.1) is 44.1 Å². The lowest BCUT2D eigenvalue weighted by Gasteiger charge is -2.15. The van der Waals surface area contributed by atoms with Crippen molar-refractivity contribution >= 4 is 76.5 Å². The van der Waals surface area contributed by atoms with E-state index in [4.69, 9.17) is 19.9 Å². The van der Waals surface area contributed by atoms with E-state index in [1.807, 2.05) is 6.07 Å². The Hall–Kier alpha value is -8.36. The molecule has 8 aromatic carbocycles. The molecule has 5 heterocycles. The lowest BCUT2D eigenvalue weighted by atomic mass is 10.1. The van der Waals surface area contributed by atoms with Crippen LogP contribution in [0.2, 0.25) is 0 Å². The Bertz CT molecular complexity index is 3560. The number of benzene rings is 8. The number of imidazole rings is 1. The molecule has 0 spiro atoms. The molecule has 0 unspecified atom stereocenters. The molecule has 13 rings (SSSR count). The van der Waals surface area contributed by atoms with E-state index in [0.717, 1.165) is 82.9 Å². The summed E-state index contributed by atoms with van der Waals surface area (Å²) in [5.41, 5.74) is 9.76. The first kappa shape index (κ1) is 32.7. The quantitative estimate of drug-likeness (QED) is 0.175. The first-order valence-corrected chi connectivity index (χ1v) is 20.1. The molecule has 0 aliphatic carbocycles. The molecule has 0 aliphatic heterocycles. The van der Waals surface area contributed by atoms with Crippen molar-refractivity contribution in [2.45, 2.75) is 0 Å². The summed E-state index contributed by atoms with van der Waals surface area (Å²) < 4.78 is 8.88. The molecule has 0 radical (unpaired) electrons. The van der Waals surface area contributed by atoms with Crippen LogP contribution in [0.25, 0.3) is 111 Å². The highest BCUT2D eigenvalue weighted by molar-refractivity contribution is 6.11. The highest BCUT2D eigenvalue weighted by Crippen LogP contribution is 2.39. The standard InChI is InChI=1S/C52H32N8/c1-2-17-33(18-3-1)57-48-40(25-16-26-41(48)53-52(57)60-46-31-14-8-23-38(46)39-24-9-15-32-47(39)60)49-54-50(58-42-27-10-4-19-34(42)35-20-5-11-28-43(35)58)56-51(55-49)59-44-29-12-6-21-36(44)37-22-7-13-30-45(37)59/h1-32H. The van der Waals surface area contributed by atoms with E-state index in [2.05, 4.69) is 206 Å². The maximum absolute atomic E-state index is 5.47. The molecule has 280 valence electrons. The average Bonchev–Trinajstić information content (AvgIpc) is 4.06. The van der Waals surface area contributed by atoms with E-state index in [0.29, 0.717) is 17.7 Å². The summed E-state index contributed by atoms with van der Waals surface area (Å²) in [6.45, 7) is 0. The Balaban J connectivity index is 1.17. The number of fused-ring (bicyclic) bond motifs is 10. The van der Waals surface area contributed by atoms with E-state index in [1.54, 1.807) is 0 Å². The molecule has 0 saturated heterocycles. The fourth-order valence-corrected chi connectivity index (χ4v) is 9.35. The van der Waals surface area contributed by atoms with Crippen LogP contribution in [0, 0.1) is 0 Å². The molecule has 5 aromatic heterocycles. The van der Waals surface area contributed by atoms with E-state index < -0.39 is 0 Å². The minimum atomic E-state index is 0.527. The molecule has 0 bridgehead atoms. The molecular weight excluding hydrogens is 737 g/mol. The van der Waals surface area contributed by atoms with Gasteiger partial charge in [-0.3, -0.25) is 18.3 Å². The highest BCUT2D eigenvalue weighted by Gasteiger charge is 2.25. The normalized spacial score (nSPS) is 12.0. The summed E-state index contributed by atoms with van der Waals surface area (Å²) >= 11 is 0. The van der Waals surface area contributed by atoms with Crippen molar-refractivity contribution in [3.63, 3.8) is 0 Å². The molecule has 0 amide bonds. The van der Waals surface area contributed by atoms with Crippen LogP contribution in [0.1, 0.15) is 0 Å². The van der Waals surface area contributed by atoms with Gasteiger partial charge in [0, 0.05) is 43.6 Å². The van der Waals surface area contributed by atoms with Crippen LogP contribution in [0.4, 0.5) is 0 Å². The van der Waals surface area contributed by atoms with Crippen molar-refractivity contribution in [2.75, 3.05) is 0 Å². The summed E-state index contributed by atoms with van der Waals surface area (Å²) in [6, 6.07) is 67.7. The molecule has 8 nitrogen and oxygen atoms in total. The third-order valence-corrected chi connectivity index (χ3v) is 11.9. The number of rotatable bonds is 5. The summed E-state index contributed by atoms with van der Waals surface area (Å²) in [4.78, 5) is 21.8. The molecule has 0 N–H and O–H groups in total. The van der Waals surface area contributed by atoms with E-state index in [1.165, 1.54) is 10.8 Å². The largest absolute Gasteiger partial charge is 0.279 e. The summed E-state index contributed by atoms with van der Waals surface area (Å²) in [5.74, 6) is 2.37. The number of hydrogen-bond donors (Lipinski definition) is 0. The zero-order chi connectivity index (χ0) is 39.3. The summed E-state index contributed by atoms with van der Waals surface area (Å²) in [5, 5.41) is 6.87. The van der Waals surface area contributed by atoms with Crippen LogP contribution >= 0.6 is 0 Å². The van der Waals surface area contributed by atoms with E-state index in [-0.39, 0.29) is 0 Å². The lowest BCUT2D eigenvalue weighted by molar-refractivity contribution is 0.892. The Morgan fingerprint density at radius 3 is 1.10 bits per heavy atom. The molecule has 0 aliphatic rings. The van der Waals surface area contributed by atoms with Crippen LogP contribution in [0.15, 0.2) is 194 Å². The number of nitrogens with zero attached hydrogens (tertiary/aromatic N) is 8. The predicted molar refractivity (Wildman–Crippen MR) is 243 cm³/mol. The summed E-state index contributed by atoms with van der Waals surface area (Å²) in [7, 11) is 0. The highest BCUT2D eigenvalue weighted by atomic mass is 15.3. The SMILES string of the molecule is c1ccc(-n2c(-n3c4ccccc4c4ccccc43)nc3cccc(-c4nc(-n5c6ccccc6c6ccccc65)nc(-n5c6ccccc6c6ccccc65)n4)c32)cc1. The fourth-order valence-electron chi connectivity index (χ4n) is 9.35. The second-order valence-corrected chi connectivity index (χ2v) is 15.1. The summed E-state index contributed by atoms with van der Waals surface area (Å²) in [6.07, 6.45) is 0. The van der Waals surface area contributed by atoms with Gasteiger partial charge >= 0.3 is 0 Å². The number of hydrogen-bond acceptors (Lipinski definition) is 4. The van der Waals surface area contributed by atoms with Gasteiger partial charge in [0.1, 0.15) is 0 Å². The third kappa shape index (κ3) is 4.61. The van der Waals surface area contributed by atoms with Crippen molar-refractivity contribution in [2.24, 2.45) is 0 Å². The van der Waals surface area contributed by atoms with Gasteiger partial charge in [0.15, 0.2) is 5.82 Å². The Morgan fingerprint density at radius 2 is 0.667 bits per heavy atom. The van der Waals surface area contributed by atoms with Crippen molar-refractivity contribution < 1.29 is 0 Å². The zero-order valence-corrected chi connectivity index (χ0v) is 32.1.